The van der Waals surface area contributed by atoms with Crippen molar-refractivity contribution >= 4 is 0 Å². The van der Waals surface area contributed by atoms with E-state index in [1.54, 1.807) is 14.2 Å². The maximum atomic E-state index is 9.91. The number of likely N-dealkylation sites (tertiary alicyclic amines) is 1. The smallest absolute Gasteiger partial charge is 0.165 e. The Morgan fingerprint density at radius 1 is 1.19 bits per heavy atom. The van der Waals surface area contributed by atoms with Crippen molar-refractivity contribution in [2.45, 2.75) is 18.8 Å². The van der Waals surface area contributed by atoms with E-state index in [2.05, 4.69) is 4.90 Å². The summed E-state index contributed by atoms with van der Waals surface area (Å²) < 4.78 is 21.9. The molecule has 1 N–H and O–H groups in total. The SMILES string of the molecule is COc1cc2c(cc1CN1C[C@H](OC)[C@@H](O)C1)OCCO2. The molecule has 1 aromatic carbocycles. The Hall–Kier alpha value is -1.50. The Kier molecular flexibility index (Phi) is 4.19. The molecule has 0 bridgehead atoms. The number of rotatable bonds is 4. The average molecular weight is 295 g/mol. The minimum absolute atomic E-state index is 0.131. The lowest BCUT2D eigenvalue weighted by atomic mass is 10.1. The zero-order chi connectivity index (χ0) is 14.8. The van der Waals surface area contributed by atoms with Gasteiger partial charge in [-0.05, 0) is 6.07 Å². The number of benzene rings is 1. The third-order valence-corrected chi connectivity index (χ3v) is 3.95. The van der Waals surface area contributed by atoms with E-state index in [0.29, 0.717) is 32.8 Å². The van der Waals surface area contributed by atoms with Gasteiger partial charge in [-0.25, -0.2) is 0 Å². The van der Waals surface area contributed by atoms with Crippen LogP contribution >= 0.6 is 0 Å². The summed E-state index contributed by atoms with van der Waals surface area (Å²) in [6.45, 7) is 3.10. The highest BCUT2D eigenvalue weighted by atomic mass is 16.6. The van der Waals surface area contributed by atoms with Crippen molar-refractivity contribution in [1.29, 1.82) is 0 Å². The van der Waals surface area contributed by atoms with E-state index in [1.807, 2.05) is 12.1 Å². The van der Waals surface area contributed by atoms with Gasteiger partial charge in [-0.15, -0.1) is 0 Å². The highest BCUT2D eigenvalue weighted by Crippen LogP contribution is 2.37. The van der Waals surface area contributed by atoms with Crippen molar-refractivity contribution in [3.63, 3.8) is 0 Å². The van der Waals surface area contributed by atoms with Crippen LogP contribution in [0.2, 0.25) is 0 Å². The van der Waals surface area contributed by atoms with Crippen LogP contribution in [0.3, 0.4) is 0 Å². The minimum Gasteiger partial charge on any atom is -0.496 e. The van der Waals surface area contributed by atoms with Gasteiger partial charge in [-0.2, -0.15) is 0 Å². The molecular weight excluding hydrogens is 274 g/mol. The van der Waals surface area contributed by atoms with Gasteiger partial charge in [0.25, 0.3) is 0 Å². The topological polar surface area (TPSA) is 60.4 Å². The van der Waals surface area contributed by atoms with E-state index in [-0.39, 0.29) is 6.10 Å². The molecule has 1 saturated heterocycles. The molecule has 0 radical (unpaired) electrons. The van der Waals surface area contributed by atoms with Gasteiger partial charge in [0.05, 0.1) is 19.3 Å². The van der Waals surface area contributed by atoms with E-state index in [0.717, 1.165) is 22.8 Å². The highest BCUT2D eigenvalue weighted by Gasteiger charge is 2.31. The molecule has 3 rings (SSSR count). The summed E-state index contributed by atoms with van der Waals surface area (Å²) in [7, 11) is 3.27. The van der Waals surface area contributed by atoms with Gasteiger partial charge in [0.1, 0.15) is 19.0 Å². The largest absolute Gasteiger partial charge is 0.496 e. The van der Waals surface area contributed by atoms with Crippen molar-refractivity contribution in [2.24, 2.45) is 0 Å². The molecule has 1 aromatic rings. The van der Waals surface area contributed by atoms with Crippen LogP contribution in [0.15, 0.2) is 12.1 Å². The molecular formula is C15H21NO5. The molecule has 2 heterocycles. The Balaban J connectivity index is 1.78. The predicted octanol–water partition coefficient (Wildman–Crippen LogP) is 0.658. The second-order valence-corrected chi connectivity index (χ2v) is 5.34. The predicted molar refractivity (Wildman–Crippen MR) is 76.1 cm³/mol. The summed E-state index contributed by atoms with van der Waals surface area (Å²) in [4.78, 5) is 2.15. The molecule has 0 amide bonds. The zero-order valence-electron chi connectivity index (χ0n) is 12.4. The Bertz CT molecular complexity index is 507. The number of aliphatic hydroxyl groups is 1. The maximum Gasteiger partial charge on any atom is 0.165 e. The van der Waals surface area contributed by atoms with E-state index >= 15 is 0 Å². The van der Waals surface area contributed by atoms with Gasteiger partial charge in [-0.3, -0.25) is 4.90 Å². The van der Waals surface area contributed by atoms with E-state index in [4.69, 9.17) is 18.9 Å². The van der Waals surface area contributed by atoms with Crippen LogP contribution in [0.25, 0.3) is 0 Å². The molecule has 2 atom stereocenters. The number of β-amino-alcohol motifs (C(OH)–C–C–N with tert-alkyl or cyclic N) is 1. The van der Waals surface area contributed by atoms with Gasteiger partial charge in [0, 0.05) is 38.4 Å². The van der Waals surface area contributed by atoms with Crippen LogP contribution in [0.5, 0.6) is 17.2 Å². The lowest BCUT2D eigenvalue weighted by Crippen LogP contribution is -2.25. The van der Waals surface area contributed by atoms with Crippen LogP contribution in [0.1, 0.15) is 5.56 Å². The van der Waals surface area contributed by atoms with Crippen molar-refractivity contribution in [3.05, 3.63) is 17.7 Å². The van der Waals surface area contributed by atoms with Crippen molar-refractivity contribution in [2.75, 3.05) is 40.5 Å². The molecule has 0 unspecified atom stereocenters. The van der Waals surface area contributed by atoms with E-state index in [1.165, 1.54) is 0 Å². The molecule has 0 aromatic heterocycles. The summed E-state index contributed by atoms with van der Waals surface area (Å²) in [5, 5.41) is 9.91. The zero-order valence-corrected chi connectivity index (χ0v) is 12.4. The Morgan fingerprint density at radius 3 is 2.52 bits per heavy atom. The minimum atomic E-state index is -0.446. The molecule has 0 aliphatic carbocycles. The first-order valence-electron chi connectivity index (χ1n) is 7.11. The molecule has 0 spiro atoms. The number of fused-ring (bicyclic) bond motifs is 1. The average Bonchev–Trinajstić information content (AvgIpc) is 2.86. The first-order chi connectivity index (χ1) is 10.2. The second-order valence-electron chi connectivity index (χ2n) is 5.34. The number of aliphatic hydroxyl groups excluding tert-OH is 1. The second kappa shape index (κ2) is 6.09. The van der Waals surface area contributed by atoms with Gasteiger partial charge in [0.2, 0.25) is 0 Å². The van der Waals surface area contributed by atoms with Crippen LogP contribution in [-0.4, -0.2) is 62.7 Å². The first kappa shape index (κ1) is 14.4. The molecule has 2 aliphatic heterocycles. The fraction of sp³-hybridized carbons (Fsp3) is 0.600. The van der Waals surface area contributed by atoms with E-state index in [9.17, 15) is 5.11 Å². The quantitative estimate of drug-likeness (QED) is 0.880. The van der Waals surface area contributed by atoms with Gasteiger partial charge in [-0.1, -0.05) is 0 Å². The van der Waals surface area contributed by atoms with Crippen LogP contribution < -0.4 is 14.2 Å². The number of hydrogen-bond acceptors (Lipinski definition) is 6. The van der Waals surface area contributed by atoms with Crippen LogP contribution in [0, 0.1) is 0 Å². The molecule has 0 saturated carbocycles. The first-order valence-corrected chi connectivity index (χ1v) is 7.11. The maximum absolute atomic E-state index is 9.91. The van der Waals surface area contributed by atoms with Crippen LogP contribution in [0.4, 0.5) is 0 Å². The standard InChI is InChI=1S/C15H21NO5/c1-18-12-6-14-13(20-3-4-21-14)5-10(12)7-16-8-11(17)15(9-16)19-2/h5-6,11,15,17H,3-4,7-9H2,1-2H3/t11-,15-/m0/s1. The number of hydrogen-bond donors (Lipinski definition) is 1. The lowest BCUT2D eigenvalue weighted by molar-refractivity contribution is 0.0214. The number of methoxy groups -OCH3 is 2. The lowest BCUT2D eigenvalue weighted by Gasteiger charge is -2.22. The molecule has 6 nitrogen and oxygen atoms in total. The van der Waals surface area contributed by atoms with Gasteiger partial charge in [0.15, 0.2) is 11.5 Å². The third-order valence-electron chi connectivity index (χ3n) is 3.95. The summed E-state index contributed by atoms with van der Waals surface area (Å²) in [6, 6.07) is 3.82. The molecule has 21 heavy (non-hydrogen) atoms. The summed E-state index contributed by atoms with van der Waals surface area (Å²) in [6.07, 6.45) is -0.577. The fourth-order valence-electron chi connectivity index (χ4n) is 2.86. The monoisotopic (exact) mass is 295 g/mol. The number of ether oxygens (including phenoxy) is 4. The van der Waals surface area contributed by atoms with Crippen molar-refractivity contribution in [1.82, 2.24) is 4.90 Å². The third kappa shape index (κ3) is 2.92. The summed E-state index contributed by atoms with van der Waals surface area (Å²) >= 11 is 0. The van der Waals surface area contributed by atoms with Crippen LogP contribution in [-0.2, 0) is 11.3 Å². The number of nitrogens with zero attached hydrogens (tertiary/aromatic N) is 1. The van der Waals surface area contributed by atoms with E-state index < -0.39 is 6.10 Å². The van der Waals surface area contributed by atoms with Gasteiger partial charge < -0.3 is 24.1 Å². The van der Waals surface area contributed by atoms with Crippen molar-refractivity contribution in [3.8, 4) is 17.2 Å². The fourth-order valence-corrected chi connectivity index (χ4v) is 2.86. The Morgan fingerprint density at radius 2 is 1.90 bits per heavy atom. The molecule has 6 heteroatoms. The highest BCUT2D eigenvalue weighted by molar-refractivity contribution is 5.51. The Labute approximate surface area is 124 Å². The van der Waals surface area contributed by atoms with Crippen molar-refractivity contribution < 1.29 is 24.1 Å². The van der Waals surface area contributed by atoms with Gasteiger partial charge >= 0.3 is 0 Å². The molecule has 116 valence electrons. The molecule has 1 fully saturated rings. The summed E-state index contributed by atoms with van der Waals surface area (Å²) in [5.74, 6) is 2.24. The normalized spacial score (nSPS) is 25.1. The summed E-state index contributed by atoms with van der Waals surface area (Å²) in [5.41, 5.74) is 1.02. The molecule has 2 aliphatic rings.